The van der Waals surface area contributed by atoms with E-state index < -0.39 is 0 Å². The van der Waals surface area contributed by atoms with Crippen LogP contribution in [0.5, 0.6) is 0 Å². The van der Waals surface area contributed by atoms with Gasteiger partial charge < -0.3 is 15.7 Å². The molecule has 0 saturated carbocycles. The van der Waals surface area contributed by atoms with E-state index in [1.807, 2.05) is 6.92 Å². The molecule has 0 bridgehead atoms. The summed E-state index contributed by atoms with van der Waals surface area (Å²) in [4.78, 5) is 3.88. The molecule has 0 unspecified atom stereocenters. The first kappa shape index (κ1) is 11.4. The van der Waals surface area contributed by atoms with Gasteiger partial charge in [-0.25, -0.2) is 4.98 Å². The summed E-state index contributed by atoms with van der Waals surface area (Å²) >= 11 is 0. The average molecular weight is 213 g/mol. The minimum absolute atomic E-state index is 0.0847. The van der Waals surface area contributed by atoms with Crippen LogP contribution in [-0.4, -0.2) is 39.0 Å². The summed E-state index contributed by atoms with van der Waals surface area (Å²) in [5, 5.41) is 15.2. The van der Waals surface area contributed by atoms with Crippen molar-refractivity contribution in [2.24, 2.45) is 10.9 Å². The molecule has 0 amide bonds. The topological polar surface area (TPSA) is 98.6 Å². The Bertz CT molecular complexity index is 323. The molecule has 7 heteroatoms. The van der Waals surface area contributed by atoms with Gasteiger partial charge in [-0.3, -0.25) is 4.68 Å². The number of aryl methyl sites for hydroxylation is 1. The second kappa shape index (κ2) is 5.97. The molecule has 3 N–H and O–H groups in total. The number of hydrogen-bond acceptors (Lipinski definition) is 5. The highest BCUT2D eigenvalue weighted by Gasteiger charge is 2.04. The van der Waals surface area contributed by atoms with Gasteiger partial charge in [0, 0.05) is 19.8 Å². The van der Waals surface area contributed by atoms with E-state index in [0.29, 0.717) is 19.8 Å². The highest BCUT2D eigenvalue weighted by Crippen LogP contribution is 1.92. The molecule has 84 valence electrons. The molecule has 1 aromatic rings. The smallest absolute Gasteiger partial charge is 0.219 e. The highest BCUT2D eigenvalue weighted by atomic mass is 16.5. The second-order valence-electron chi connectivity index (χ2n) is 2.87. The fraction of sp³-hybridized carbons (Fsp3) is 0.625. The Morgan fingerprint density at radius 1 is 1.73 bits per heavy atom. The lowest BCUT2D eigenvalue weighted by molar-refractivity contribution is 0.140. The summed E-state index contributed by atoms with van der Waals surface area (Å²) in [7, 11) is 0. The Labute approximate surface area is 87.5 Å². The van der Waals surface area contributed by atoms with Crippen molar-refractivity contribution in [3.8, 4) is 0 Å². The molecule has 0 radical (unpaired) electrons. The van der Waals surface area contributed by atoms with Gasteiger partial charge in [0.25, 0.3) is 0 Å². The van der Waals surface area contributed by atoms with Crippen LogP contribution in [0.25, 0.3) is 0 Å². The molecule has 1 rings (SSSR count). The van der Waals surface area contributed by atoms with Gasteiger partial charge in [-0.1, -0.05) is 5.16 Å². The lowest BCUT2D eigenvalue weighted by Crippen LogP contribution is -2.15. The molecular formula is C8H15N5O2. The van der Waals surface area contributed by atoms with Gasteiger partial charge in [-0.2, -0.15) is 0 Å². The van der Waals surface area contributed by atoms with E-state index in [0.717, 1.165) is 6.42 Å². The molecule has 0 fully saturated rings. The Kier molecular flexibility index (Phi) is 4.55. The van der Waals surface area contributed by atoms with E-state index in [9.17, 15) is 0 Å². The van der Waals surface area contributed by atoms with Crippen LogP contribution in [0.2, 0.25) is 0 Å². The van der Waals surface area contributed by atoms with Crippen LogP contribution < -0.4 is 5.73 Å². The molecule has 1 aromatic heterocycles. The highest BCUT2D eigenvalue weighted by molar-refractivity contribution is 5.93. The summed E-state index contributed by atoms with van der Waals surface area (Å²) in [5.41, 5.74) is 5.32. The van der Waals surface area contributed by atoms with E-state index >= 15 is 0 Å². The Morgan fingerprint density at radius 2 is 2.53 bits per heavy atom. The third-order valence-electron chi connectivity index (χ3n) is 1.75. The lowest BCUT2D eigenvalue weighted by Gasteiger charge is -2.00. The van der Waals surface area contributed by atoms with Crippen molar-refractivity contribution in [3.63, 3.8) is 0 Å². The summed E-state index contributed by atoms with van der Waals surface area (Å²) < 4.78 is 6.81. The van der Waals surface area contributed by atoms with E-state index in [4.69, 9.17) is 15.7 Å². The maximum Gasteiger partial charge on any atom is 0.219 e. The number of aromatic nitrogens is 3. The number of ether oxygens (including phenoxy) is 1. The van der Waals surface area contributed by atoms with Crippen LogP contribution in [0, 0.1) is 0 Å². The molecule has 0 aliphatic carbocycles. The summed E-state index contributed by atoms with van der Waals surface area (Å²) in [6.07, 6.45) is 2.39. The quantitative estimate of drug-likeness (QED) is 0.224. The minimum atomic E-state index is -0.0847. The number of hydrogen-bond donors (Lipinski definition) is 2. The zero-order chi connectivity index (χ0) is 11.1. The first-order valence-electron chi connectivity index (χ1n) is 4.73. The summed E-state index contributed by atoms with van der Waals surface area (Å²) in [5.74, 6) is 0.146. The largest absolute Gasteiger partial charge is 0.409 e. The zero-order valence-corrected chi connectivity index (χ0v) is 8.63. The number of amidine groups is 1. The Morgan fingerprint density at radius 3 is 3.20 bits per heavy atom. The predicted octanol–water partition coefficient (Wildman–Crippen LogP) is -0.201. The first-order valence-corrected chi connectivity index (χ1v) is 4.73. The van der Waals surface area contributed by atoms with Gasteiger partial charge in [0.05, 0.1) is 0 Å². The molecule has 1 heterocycles. The molecule has 0 atom stereocenters. The van der Waals surface area contributed by atoms with Crippen LogP contribution in [-0.2, 0) is 11.3 Å². The monoisotopic (exact) mass is 213 g/mol. The van der Waals surface area contributed by atoms with E-state index in [-0.39, 0.29) is 11.7 Å². The fourth-order valence-electron chi connectivity index (χ4n) is 1.04. The molecule has 15 heavy (non-hydrogen) atoms. The van der Waals surface area contributed by atoms with Crippen molar-refractivity contribution in [2.75, 3.05) is 13.2 Å². The normalized spacial score (nSPS) is 11.9. The van der Waals surface area contributed by atoms with Gasteiger partial charge in [0.1, 0.15) is 6.33 Å². The predicted molar refractivity (Wildman–Crippen MR) is 53.6 cm³/mol. The van der Waals surface area contributed by atoms with Crippen molar-refractivity contribution in [3.05, 3.63) is 12.2 Å². The molecular weight excluding hydrogens is 198 g/mol. The van der Waals surface area contributed by atoms with E-state index in [2.05, 4.69) is 15.2 Å². The van der Waals surface area contributed by atoms with Crippen LogP contribution in [0.1, 0.15) is 19.2 Å². The standard InChI is InChI=1S/C8H15N5O2/c1-2-15-5-3-4-13-6-10-8(11-13)7(9)12-14/h6,14H,2-5H2,1H3,(H2,9,12). The number of oxime groups is 1. The first-order chi connectivity index (χ1) is 7.27. The SMILES string of the molecule is CCOCCCn1cnc(C(N)=NO)n1. The zero-order valence-electron chi connectivity index (χ0n) is 8.63. The van der Waals surface area contributed by atoms with Gasteiger partial charge >= 0.3 is 0 Å². The molecule has 0 aliphatic heterocycles. The molecule has 0 spiro atoms. The Balaban J connectivity index is 2.40. The summed E-state index contributed by atoms with van der Waals surface area (Å²) in [6.45, 7) is 4.06. The third-order valence-corrected chi connectivity index (χ3v) is 1.75. The maximum atomic E-state index is 8.40. The second-order valence-corrected chi connectivity index (χ2v) is 2.87. The fourth-order valence-corrected chi connectivity index (χ4v) is 1.04. The number of nitrogens with zero attached hydrogens (tertiary/aromatic N) is 4. The third kappa shape index (κ3) is 3.55. The van der Waals surface area contributed by atoms with Crippen molar-refractivity contribution in [2.45, 2.75) is 19.9 Å². The van der Waals surface area contributed by atoms with Crippen LogP contribution in [0.15, 0.2) is 11.5 Å². The van der Waals surface area contributed by atoms with Gasteiger partial charge in [-0.05, 0) is 13.3 Å². The number of nitrogens with two attached hydrogens (primary N) is 1. The van der Waals surface area contributed by atoms with Gasteiger partial charge in [0.15, 0.2) is 0 Å². The van der Waals surface area contributed by atoms with Gasteiger partial charge in [0.2, 0.25) is 11.7 Å². The molecule has 7 nitrogen and oxygen atoms in total. The van der Waals surface area contributed by atoms with Gasteiger partial charge in [-0.15, -0.1) is 5.10 Å². The van der Waals surface area contributed by atoms with Crippen molar-refractivity contribution in [1.29, 1.82) is 0 Å². The number of rotatable bonds is 6. The molecule has 0 saturated heterocycles. The average Bonchev–Trinajstić information content (AvgIpc) is 2.72. The van der Waals surface area contributed by atoms with Crippen LogP contribution in [0.4, 0.5) is 0 Å². The molecule has 0 aliphatic rings. The van der Waals surface area contributed by atoms with Crippen LogP contribution in [0.3, 0.4) is 0 Å². The summed E-state index contributed by atoms with van der Waals surface area (Å²) in [6, 6.07) is 0. The molecule has 0 aromatic carbocycles. The van der Waals surface area contributed by atoms with Crippen LogP contribution >= 0.6 is 0 Å². The van der Waals surface area contributed by atoms with Crippen molar-refractivity contribution >= 4 is 5.84 Å². The van der Waals surface area contributed by atoms with Crippen molar-refractivity contribution < 1.29 is 9.94 Å². The minimum Gasteiger partial charge on any atom is -0.409 e. The van der Waals surface area contributed by atoms with E-state index in [1.165, 1.54) is 0 Å². The lowest BCUT2D eigenvalue weighted by atomic mass is 10.4. The van der Waals surface area contributed by atoms with E-state index in [1.54, 1.807) is 11.0 Å². The Hall–Kier alpha value is -1.63. The van der Waals surface area contributed by atoms with Crippen molar-refractivity contribution in [1.82, 2.24) is 14.8 Å². The maximum absolute atomic E-state index is 8.40.